The Balaban J connectivity index is 2.67. The van der Waals surface area contributed by atoms with E-state index in [4.69, 9.17) is 0 Å². The second-order valence-corrected chi connectivity index (χ2v) is 5.82. The second kappa shape index (κ2) is 8.11. The number of benzene rings is 1. The minimum atomic E-state index is -0.164. The molecule has 0 aliphatic rings. The molecule has 1 unspecified atom stereocenters. The van der Waals surface area contributed by atoms with Crippen LogP contribution >= 0.6 is 27.7 Å². The lowest BCUT2D eigenvalue weighted by Gasteiger charge is -2.18. The summed E-state index contributed by atoms with van der Waals surface area (Å²) in [6.45, 7) is 3.05. The molecule has 0 saturated heterocycles. The molecule has 1 aromatic rings. The normalized spacial score (nSPS) is 12.7. The molecule has 96 valence electrons. The summed E-state index contributed by atoms with van der Waals surface area (Å²) in [6, 6.07) is 5.30. The molecule has 0 aliphatic carbocycles. The largest absolute Gasteiger partial charge is 0.314 e. The molecule has 0 saturated carbocycles. The van der Waals surface area contributed by atoms with Gasteiger partial charge >= 0.3 is 0 Å². The average molecular weight is 320 g/mol. The van der Waals surface area contributed by atoms with Crippen LogP contribution in [-0.4, -0.2) is 24.6 Å². The maximum atomic E-state index is 13.2. The maximum absolute atomic E-state index is 13.2. The van der Waals surface area contributed by atoms with Crippen molar-refractivity contribution in [2.45, 2.75) is 25.8 Å². The summed E-state index contributed by atoms with van der Waals surface area (Å²) in [5.41, 5.74) is 1.04. The highest BCUT2D eigenvalue weighted by molar-refractivity contribution is 9.10. The molecular formula is C13H19BrFNS. The van der Waals surface area contributed by atoms with Crippen LogP contribution in [0.1, 0.15) is 18.9 Å². The number of rotatable bonds is 7. The number of nitrogens with one attached hydrogen (secondary N) is 1. The van der Waals surface area contributed by atoms with Crippen molar-refractivity contribution in [3.05, 3.63) is 34.1 Å². The lowest BCUT2D eigenvalue weighted by Crippen LogP contribution is -2.31. The summed E-state index contributed by atoms with van der Waals surface area (Å²) in [5, 5.41) is 3.46. The zero-order chi connectivity index (χ0) is 12.7. The van der Waals surface area contributed by atoms with Crippen molar-refractivity contribution in [2.75, 3.05) is 18.6 Å². The summed E-state index contributed by atoms with van der Waals surface area (Å²) in [7, 11) is 0. The molecule has 1 atom stereocenters. The van der Waals surface area contributed by atoms with E-state index in [9.17, 15) is 4.39 Å². The SMILES string of the molecule is CCNC(CCSC)Cc1cc(F)ccc1Br. The molecule has 1 nitrogen and oxygen atoms in total. The van der Waals surface area contributed by atoms with Gasteiger partial charge in [0.1, 0.15) is 5.82 Å². The van der Waals surface area contributed by atoms with Gasteiger partial charge in [-0.15, -0.1) is 0 Å². The third-order valence-corrected chi connectivity index (χ3v) is 4.05. The Morgan fingerprint density at radius 1 is 1.47 bits per heavy atom. The molecule has 0 heterocycles. The van der Waals surface area contributed by atoms with Crippen LogP contribution in [-0.2, 0) is 6.42 Å². The lowest BCUT2D eigenvalue weighted by molar-refractivity contribution is 0.511. The fraction of sp³-hybridized carbons (Fsp3) is 0.538. The summed E-state index contributed by atoms with van der Waals surface area (Å²) in [6.07, 6.45) is 4.09. The Morgan fingerprint density at radius 3 is 2.88 bits per heavy atom. The van der Waals surface area contributed by atoms with Crippen LogP contribution in [0.4, 0.5) is 4.39 Å². The Labute approximate surface area is 116 Å². The third kappa shape index (κ3) is 5.40. The number of likely N-dealkylation sites (N-methyl/N-ethyl adjacent to an activating group) is 1. The minimum absolute atomic E-state index is 0.164. The first-order valence-corrected chi connectivity index (χ1v) is 8.02. The van der Waals surface area contributed by atoms with E-state index in [0.717, 1.165) is 35.2 Å². The van der Waals surface area contributed by atoms with Crippen molar-refractivity contribution < 1.29 is 4.39 Å². The van der Waals surface area contributed by atoms with E-state index in [2.05, 4.69) is 34.4 Å². The summed E-state index contributed by atoms with van der Waals surface area (Å²) in [5.74, 6) is 0.966. The quantitative estimate of drug-likeness (QED) is 0.819. The Bertz CT molecular complexity index is 346. The fourth-order valence-corrected chi connectivity index (χ4v) is 2.72. The third-order valence-electron chi connectivity index (χ3n) is 2.64. The Kier molecular flexibility index (Phi) is 7.16. The van der Waals surface area contributed by atoms with Gasteiger partial charge in [0, 0.05) is 10.5 Å². The van der Waals surface area contributed by atoms with Gasteiger partial charge in [-0.2, -0.15) is 11.8 Å². The molecule has 4 heteroatoms. The van der Waals surface area contributed by atoms with E-state index >= 15 is 0 Å². The number of hydrogen-bond donors (Lipinski definition) is 1. The van der Waals surface area contributed by atoms with Crippen LogP contribution in [0.15, 0.2) is 22.7 Å². The number of halogens is 2. The second-order valence-electron chi connectivity index (χ2n) is 3.98. The van der Waals surface area contributed by atoms with E-state index in [1.807, 2.05) is 11.8 Å². The lowest BCUT2D eigenvalue weighted by atomic mass is 10.0. The van der Waals surface area contributed by atoms with Gasteiger partial charge in [0.15, 0.2) is 0 Å². The van der Waals surface area contributed by atoms with Crippen molar-refractivity contribution in [1.82, 2.24) is 5.32 Å². The van der Waals surface area contributed by atoms with Crippen molar-refractivity contribution in [1.29, 1.82) is 0 Å². The van der Waals surface area contributed by atoms with E-state index in [1.54, 1.807) is 12.1 Å². The Hall–Kier alpha value is -0.0600. The highest BCUT2D eigenvalue weighted by Crippen LogP contribution is 2.20. The molecule has 1 aromatic carbocycles. The summed E-state index contributed by atoms with van der Waals surface area (Å²) < 4.78 is 14.2. The molecule has 1 N–H and O–H groups in total. The molecule has 17 heavy (non-hydrogen) atoms. The smallest absolute Gasteiger partial charge is 0.123 e. The maximum Gasteiger partial charge on any atom is 0.123 e. The molecular weight excluding hydrogens is 301 g/mol. The fourth-order valence-electron chi connectivity index (χ4n) is 1.79. The molecule has 0 aromatic heterocycles. The van der Waals surface area contributed by atoms with Gasteiger partial charge < -0.3 is 5.32 Å². The van der Waals surface area contributed by atoms with Crippen LogP contribution in [0.2, 0.25) is 0 Å². The van der Waals surface area contributed by atoms with Gasteiger partial charge in [0.25, 0.3) is 0 Å². The van der Waals surface area contributed by atoms with E-state index < -0.39 is 0 Å². The van der Waals surface area contributed by atoms with Crippen LogP contribution in [0.5, 0.6) is 0 Å². The van der Waals surface area contributed by atoms with Crippen LogP contribution in [0.25, 0.3) is 0 Å². The van der Waals surface area contributed by atoms with Crippen molar-refractivity contribution in [3.8, 4) is 0 Å². The zero-order valence-electron chi connectivity index (χ0n) is 10.3. The number of hydrogen-bond acceptors (Lipinski definition) is 2. The molecule has 0 radical (unpaired) electrons. The van der Waals surface area contributed by atoms with Gasteiger partial charge in [-0.05, 0) is 55.2 Å². The molecule has 1 rings (SSSR count). The predicted octanol–water partition coefficient (Wildman–Crippen LogP) is 3.86. The van der Waals surface area contributed by atoms with Crippen LogP contribution in [0, 0.1) is 5.82 Å². The summed E-state index contributed by atoms with van der Waals surface area (Å²) in [4.78, 5) is 0. The van der Waals surface area contributed by atoms with Gasteiger partial charge in [-0.25, -0.2) is 4.39 Å². The highest BCUT2D eigenvalue weighted by Gasteiger charge is 2.11. The first-order valence-electron chi connectivity index (χ1n) is 5.83. The highest BCUT2D eigenvalue weighted by atomic mass is 79.9. The van der Waals surface area contributed by atoms with Gasteiger partial charge in [0.2, 0.25) is 0 Å². The molecule has 0 fully saturated rings. The predicted molar refractivity (Wildman–Crippen MR) is 78.3 cm³/mol. The molecule has 0 aliphatic heterocycles. The van der Waals surface area contributed by atoms with E-state index in [-0.39, 0.29) is 5.82 Å². The monoisotopic (exact) mass is 319 g/mol. The number of thioether (sulfide) groups is 1. The molecule has 0 amide bonds. The first-order chi connectivity index (χ1) is 8.17. The Morgan fingerprint density at radius 2 is 2.24 bits per heavy atom. The minimum Gasteiger partial charge on any atom is -0.314 e. The standard InChI is InChI=1S/C13H19BrFNS/c1-3-16-12(6-7-17-2)9-10-8-11(15)4-5-13(10)14/h4-5,8,12,16H,3,6-7,9H2,1-2H3. The van der Waals surface area contributed by atoms with E-state index in [0.29, 0.717) is 6.04 Å². The van der Waals surface area contributed by atoms with Crippen LogP contribution in [0.3, 0.4) is 0 Å². The van der Waals surface area contributed by atoms with Crippen molar-refractivity contribution in [3.63, 3.8) is 0 Å². The van der Waals surface area contributed by atoms with Gasteiger partial charge in [-0.3, -0.25) is 0 Å². The molecule has 0 spiro atoms. The van der Waals surface area contributed by atoms with Crippen molar-refractivity contribution in [2.24, 2.45) is 0 Å². The summed E-state index contributed by atoms with van der Waals surface area (Å²) >= 11 is 5.33. The zero-order valence-corrected chi connectivity index (χ0v) is 12.7. The molecule has 0 bridgehead atoms. The van der Waals surface area contributed by atoms with Gasteiger partial charge in [-0.1, -0.05) is 22.9 Å². The average Bonchev–Trinajstić information content (AvgIpc) is 2.31. The van der Waals surface area contributed by atoms with Crippen LogP contribution < -0.4 is 5.32 Å². The van der Waals surface area contributed by atoms with Gasteiger partial charge in [0.05, 0.1) is 0 Å². The van der Waals surface area contributed by atoms with E-state index in [1.165, 1.54) is 6.07 Å². The topological polar surface area (TPSA) is 12.0 Å². The van der Waals surface area contributed by atoms with Crippen molar-refractivity contribution >= 4 is 27.7 Å². The first kappa shape index (κ1) is 15.0.